The van der Waals surface area contributed by atoms with E-state index < -0.39 is 5.82 Å². The Balaban J connectivity index is 2.83. The summed E-state index contributed by atoms with van der Waals surface area (Å²) in [6.45, 7) is 1.81. The van der Waals surface area contributed by atoms with Gasteiger partial charge in [-0.15, -0.1) is 0 Å². The second-order valence-corrected chi connectivity index (χ2v) is 3.07. The van der Waals surface area contributed by atoms with E-state index in [2.05, 4.69) is 0 Å². The summed E-state index contributed by atoms with van der Waals surface area (Å²) in [5.41, 5.74) is 0.624. The number of hydrogen-bond donors (Lipinski definition) is 0. The minimum Gasteiger partial charge on any atom is -0.461 e. The standard InChI is InChI=1S/C9H6ClFO/c1-5-2-6-3-8(11)7(10)4-9(6)12-5/h2-4H,1H3. The summed E-state index contributed by atoms with van der Waals surface area (Å²) in [5, 5.41) is 0.839. The van der Waals surface area contributed by atoms with E-state index in [1.807, 2.05) is 6.92 Å². The molecule has 0 atom stereocenters. The molecule has 12 heavy (non-hydrogen) atoms. The Labute approximate surface area is 73.7 Å². The molecule has 2 aromatic rings. The van der Waals surface area contributed by atoms with Crippen molar-refractivity contribution in [3.63, 3.8) is 0 Å². The first-order valence-corrected chi connectivity index (χ1v) is 3.90. The summed E-state index contributed by atoms with van der Waals surface area (Å²) >= 11 is 5.56. The highest BCUT2D eigenvalue weighted by molar-refractivity contribution is 6.31. The van der Waals surface area contributed by atoms with E-state index in [9.17, 15) is 4.39 Å². The molecule has 62 valence electrons. The molecule has 0 amide bonds. The largest absolute Gasteiger partial charge is 0.461 e. The van der Waals surface area contributed by atoms with Gasteiger partial charge < -0.3 is 4.42 Å². The zero-order valence-corrected chi connectivity index (χ0v) is 7.15. The molecule has 0 N–H and O–H groups in total. The smallest absolute Gasteiger partial charge is 0.142 e. The first kappa shape index (κ1) is 7.62. The van der Waals surface area contributed by atoms with Crippen LogP contribution in [0.1, 0.15) is 5.76 Å². The van der Waals surface area contributed by atoms with E-state index in [0.717, 1.165) is 11.1 Å². The predicted octanol–water partition coefficient (Wildman–Crippen LogP) is 3.53. The van der Waals surface area contributed by atoms with Crippen LogP contribution in [-0.2, 0) is 0 Å². The molecule has 1 heterocycles. The topological polar surface area (TPSA) is 13.1 Å². The number of aryl methyl sites for hydroxylation is 1. The zero-order chi connectivity index (χ0) is 8.72. The minimum absolute atomic E-state index is 0.0943. The molecule has 0 fully saturated rings. The average Bonchev–Trinajstić information content (AvgIpc) is 2.30. The van der Waals surface area contributed by atoms with Gasteiger partial charge in [0.2, 0.25) is 0 Å². The van der Waals surface area contributed by atoms with Crippen molar-refractivity contribution in [2.75, 3.05) is 0 Å². The maximum atomic E-state index is 12.9. The second-order valence-electron chi connectivity index (χ2n) is 2.66. The van der Waals surface area contributed by atoms with E-state index in [1.165, 1.54) is 12.1 Å². The van der Waals surface area contributed by atoms with Crippen molar-refractivity contribution in [2.45, 2.75) is 6.92 Å². The SMILES string of the molecule is Cc1cc2cc(F)c(Cl)cc2o1. The van der Waals surface area contributed by atoms with Gasteiger partial charge in [0, 0.05) is 11.5 Å². The molecule has 0 saturated carbocycles. The third-order valence-electron chi connectivity index (χ3n) is 1.68. The summed E-state index contributed by atoms with van der Waals surface area (Å²) < 4.78 is 18.1. The van der Waals surface area contributed by atoms with Crippen molar-refractivity contribution in [2.24, 2.45) is 0 Å². The fourth-order valence-electron chi connectivity index (χ4n) is 1.17. The molecule has 0 aliphatic heterocycles. The molecule has 0 unspecified atom stereocenters. The number of fused-ring (bicyclic) bond motifs is 1. The van der Waals surface area contributed by atoms with E-state index in [0.29, 0.717) is 5.58 Å². The monoisotopic (exact) mass is 184 g/mol. The molecular weight excluding hydrogens is 179 g/mol. The van der Waals surface area contributed by atoms with Crippen molar-refractivity contribution in [3.8, 4) is 0 Å². The van der Waals surface area contributed by atoms with Gasteiger partial charge in [-0.3, -0.25) is 0 Å². The Morgan fingerprint density at radius 3 is 2.83 bits per heavy atom. The van der Waals surface area contributed by atoms with E-state index in [1.54, 1.807) is 6.07 Å². The molecule has 0 spiro atoms. The summed E-state index contributed by atoms with van der Waals surface area (Å²) in [6, 6.07) is 4.63. The maximum absolute atomic E-state index is 12.9. The Morgan fingerprint density at radius 1 is 1.33 bits per heavy atom. The van der Waals surface area contributed by atoms with Crippen LogP contribution < -0.4 is 0 Å². The summed E-state index contributed by atoms with van der Waals surface area (Å²) in [5.74, 6) is 0.344. The highest BCUT2D eigenvalue weighted by atomic mass is 35.5. The zero-order valence-electron chi connectivity index (χ0n) is 6.40. The van der Waals surface area contributed by atoms with Crippen molar-refractivity contribution in [3.05, 3.63) is 34.8 Å². The molecule has 1 aromatic carbocycles. The summed E-state index contributed by atoms with van der Waals surface area (Å²) in [4.78, 5) is 0. The number of rotatable bonds is 0. The van der Waals surface area contributed by atoms with E-state index >= 15 is 0 Å². The fourth-order valence-corrected chi connectivity index (χ4v) is 1.32. The quantitative estimate of drug-likeness (QED) is 0.611. The first-order valence-electron chi connectivity index (χ1n) is 3.52. The van der Waals surface area contributed by atoms with Crippen molar-refractivity contribution < 1.29 is 8.81 Å². The number of benzene rings is 1. The lowest BCUT2D eigenvalue weighted by Gasteiger charge is -1.91. The van der Waals surface area contributed by atoms with E-state index in [-0.39, 0.29) is 5.02 Å². The molecule has 0 aliphatic rings. The van der Waals surface area contributed by atoms with Gasteiger partial charge >= 0.3 is 0 Å². The number of hydrogen-bond acceptors (Lipinski definition) is 1. The van der Waals surface area contributed by atoms with Crippen LogP contribution in [0.2, 0.25) is 5.02 Å². The van der Waals surface area contributed by atoms with Crippen LogP contribution in [0.5, 0.6) is 0 Å². The van der Waals surface area contributed by atoms with Crippen LogP contribution in [0.3, 0.4) is 0 Å². The molecule has 3 heteroatoms. The third-order valence-corrected chi connectivity index (χ3v) is 1.97. The Kier molecular flexibility index (Phi) is 1.58. The number of furan rings is 1. The van der Waals surface area contributed by atoms with Crippen LogP contribution in [0.25, 0.3) is 11.0 Å². The maximum Gasteiger partial charge on any atom is 0.142 e. The van der Waals surface area contributed by atoms with Crippen LogP contribution in [0, 0.1) is 12.7 Å². The molecule has 0 bridgehead atoms. The van der Waals surface area contributed by atoms with Gasteiger partial charge in [-0.05, 0) is 19.1 Å². The highest BCUT2D eigenvalue weighted by Gasteiger charge is 2.05. The van der Waals surface area contributed by atoms with Crippen molar-refractivity contribution >= 4 is 22.6 Å². The van der Waals surface area contributed by atoms with Gasteiger partial charge in [0.25, 0.3) is 0 Å². The predicted molar refractivity (Wildman–Crippen MR) is 45.9 cm³/mol. The third kappa shape index (κ3) is 1.08. The Morgan fingerprint density at radius 2 is 2.08 bits per heavy atom. The normalized spacial score (nSPS) is 10.9. The van der Waals surface area contributed by atoms with Crippen LogP contribution in [0.15, 0.2) is 22.6 Å². The molecule has 0 radical (unpaired) electrons. The molecule has 2 rings (SSSR count). The van der Waals surface area contributed by atoms with Gasteiger partial charge in [0.15, 0.2) is 0 Å². The van der Waals surface area contributed by atoms with Gasteiger partial charge in [-0.1, -0.05) is 11.6 Å². The molecule has 0 aliphatic carbocycles. The second kappa shape index (κ2) is 2.49. The fraction of sp³-hybridized carbons (Fsp3) is 0.111. The van der Waals surface area contributed by atoms with Gasteiger partial charge in [-0.25, -0.2) is 4.39 Å². The average molecular weight is 185 g/mol. The Hall–Kier alpha value is -1.02. The van der Waals surface area contributed by atoms with Gasteiger partial charge in [0.05, 0.1) is 5.02 Å². The van der Waals surface area contributed by atoms with Crippen molar-refractivity contribution in [1.29, 1.82) is 0 Å². The molecule has 1 aromatic heterocycles. The lowest BCUT2D eigenvalue weighted by molar-refractivity contribution is 0.577. The lowest BCUT2D eigenvalue weighted by atomic mass is 10.2. The number of halogens is 2. The molecule has 1 nitrogen and oxygen atoms in total. The highest BCUT2D eigenvalue weighted by Crippen LogP contribution is 2.25. The summed E-state index contributed by atoms with van der Waals surface area (Å²) in [6.07, 6.45) is 0. The van der Waals surface area contributed by atoms with Crippen LogP contribution >= 0.6 is 11.6 Å². The minimum atomic E-state index is -0.412. The molecule has 0 saturated heterocycles. The van der Waals surface area contributed by atoms with Gasteiger partial charge in [0.1, 0.15) is 17.2 Å². The Bertz CT molecular complexity index is 394. The van der Waals surface area contributed by atoms with Crippen LogP contribution in [-0.4, -0.2) is 0 Å². The summed E-state index contributed by atoms with van der Waals surface area (Å²) in [7, 11) is 0. The molecular formula is C9H6ClFO. The van der Waals surface area contributed by atoms with E-state index in [4.69, 9.17) is 16.0 Å². The van der Waals surface area contributed by atoms with Crippen molar-refractivity contribution in [1.82, 2.24) is 0 Å². The van der Waals surface area contributed by atoms with Gasteiger partial charge in [-0.2, -0.15) is 0 Å². The van der Waals surface area contributed by atoms with Crippen LogP contribution in [0.4, 0.5) is 4.39 Å². The lowest BCUT2D eigenvalue weighted by Crippen LogP contribution is -1.74. The first-order chi connectivity index (χ1) is 5.66.